The maximum Gasteiger partial charge on any atom is 0.227 e. The van der Waals surface area contributed by atoms with Crippen LogP contribution < -0.4 is 10.6 Å². The fourth-order valence-electron chi connectivity index (χ4n) is 2.66. The van der Waals surface area contributed by atoms with Crippen LogP contribution in [-0.2, 0) is 4.79 Å². The Balaban J connectivity index is 0.00000144. The van der Waals surface area contributed by atoms with Gasteiger partial charge in [-0.1, -0.05) is 6.92 Å². The molecule has 1 aromatic heterocycles. The van der Waals surface area contributed by atoms with Crippen LogP contribution in [0.4, 0.5) is 5.69 Å². The summed E-state index contributed by atoms with van der Waals surface area (Å²) in [7, 11) is 0. The van der Waals surface area contributed by atoms with Gasteiger partial charge in [0.05, 0.1) is 15.2 Å². The third-order valence-corrected chi connectivity index (χ3v) is 5.71. The molecule has 22 heavy (non-hydrogen) atoms. The van der Waals surface area contributed by atoms with Crippen molar-refractivity contribution < 1.29 is 4.79 Å². The van der Waals surface area contributed by atoms with Crippen molar-refractivity contribution in [1.29, 1.82) is 0 Å². The number of nitrogens with zero attached hydrogens (tertiary/aromatic N) is 1. The van der Waals surface area contributed by atoms with E-state index >= 15 is 0 Å². The molecule has 0 radical (unpaired) electrons. The first-order chi connectivity index (χ1) is 10.2. The summed E-state index contributed by atoms with van der Waals surface area (Å²) in [5.74, 6) is 1.34. The largest absolute Gasteiger partial charge is 0.326 e. The van der Waals surface area contributed by atoms with Gasteiger partial charge in [0.25, 0.3) is 0 Å². The van der Waals surface area contributed by atoms with Crippen LogP contribution in [0.5, 0.6) is 0 Å². The van der Waals surface area contributed by atoms with Gasteiger partial charge in [-0.05, 0) is 50.0 Å². The number of halogens is 1. The normalized spacial score (nSPS) is 19.3. The Morgan fingerprint density at radius 3 is 2.82 bits per heavy atom. The van der Waals surface area contributed by atoms with Gasteiger partial charge in [0.15, 0.2) is 0 Å². The quantitative estimate of drug-likeness (QED) is 0.899. The summed E-state index contributed by atoms with van der Waals surface area (Å²) in [6.45, 7) is 3.91. The number of fused-ring (bicyclic) bond motifs is 1. The van der Waals surface area contributed by atoms with Crippen LogP contribution in [0, 0.1) is 11.8 Å². The van der Waals surface area contributed by atoms with Gasteiger partial charge in [-0.25, -0.2) is 4.98 Å². The molecular formula is C16H20ClN3OS. The summed E-state index contributed by atoms with van der Waals surface area (Å²) >= 11 is 1.77. The molecule has 1 aromatic carbocycles. The van der Waals surface area contributed by atoms with Crippen molar-refractivity contribution in [3.8, 4) is 0 Å². The number of hydrogen-bond donors (Lipinski definition) is 2. The van der Waals surface area contributed by atoms with Gasteiger partial charge in [-0.3, -0.25) is 4.79 Å². The van der Waals surface area contributed by atoms with Crippen LogP contribution in [-0.4, -0.2) is 24.0 Å². The molecule has 0 spiro atoms. The molecule has 1 aliphatic heterocycles. The highest BCUT2D eigenvalue weighted by atomic mass is 35.5. The maximum atomic E-state index is 12.3. The molecule has 4 nitrogen and oxygen atoms in total. The molecular weight excluding hydrogens is 318 g/mol. The predicted octanol–water partition coefficient (Wildman–Crippen LogP) is 3.39. The van der Waals surface area contributed by atoms with E-state index in [2.05, 4.69) is 21.7 Å². The Morgan fingerprint density at radius 1 is 1.41 bits per heavy atom. The Bertz CT molecular complexity index is 694. The molecule has 1 unspecified atom stereocenters. The number of aromatic nitrogens is 1. The first-order valence-corrected chi connectivity index (χ1v) is 8.44. The molecule has 1 aliphatic carbocycles. The smallest absolute Gasteiger partial charge is 0.227 e. The SMILES string of the molecule is CC(C(=O)Nc1ccc2nc(C3CC3)sc2c1)C1CNC1.Cl. The highest BCUT2D eigenvalue weighted by Crippen LogP contribution is 2.43. The minimum absolute atomic E-state index is 0. The highest BCUT2D eigenvalue weighted by molar-refractivity contribution is 7.18. The lowest BCUT2D eigenvalue weighted by molar-refractivity contribution is -0.121. The van der Waals surface area contributed by atoms with Crippen LogP contribution >= 0.6 is 23.7 Å². The second kappa shape index (κ2) is 6.14. The highest BCUT2D eigenvalue weighted by Gasteiger charge is 2.29. The molecule has 2 heterocycles. The third kappa shape index (κ3) is 2.98. The van der Waals surface area contributed by atoms with Crippen molar-refractivity contribution in [3.63, 3.8) is 0 Å². The lowest BCUT2D eigenvalue weighted by atomic mass is 9.88. The molecule has 2 N–H and O–H groups in total. The second-order valence-electron chi connectivity index (χ2n) is 6.21. The summed E-state index contributed by atoms with van der Waals surface area (Å²) in [6.07, 6.45) is 2.55. The van der Waals surface area contributed by atoms with Gasteiger partial charge >= 0.3 is 0 Å². The molecule has 1 saturated heterocycles. The van der Waals surface area contributed by atoms with Crippen molar-refractivity contribution in [1.82, 2.24) is 10.3 Å². The maximum absolute atomic E-state index is 12.3. The number of carbonyl (C=O) groups excluding carboxylic acids is 1. The Morgan fingerprint density at radius 2 is 2.18 bits per heavy atom. The van der Waals surface area contributed by atoms with E-state index in [1.54, 1.807) is 11.3 Å². The predicted molar refractivity (Wildman–Crippen MR) is 93.0 cm³/mol. The minimum Gasteiger partial charge on any atom is -0.326 e. The van der Waals surface area contributed by atoms with E-state index in [0.29, 0.717) is 11.8 Å². The molecule has 2 fully saturated rings. The lowest BCUT2D eigenvalue weighted by Gasteiger charge is -2.31. The molecule has 2 aromatic rings. The standard InChI is InChI=1S/C16H19N3OS.ClH/c1-9(11-7-17-8-11)15(20)18-12-4-5-13-14(6-12)21-16(19-13)10-2-3-10;/h4-6,9-11,17H,2-3,7-8H2,1H3,(H,18,20);1H. The summed E-state index contributed by atoms with van der Waals surface area (Å²) in [5.41, 5.74) is 1.94. The van der Waals surface area contributed by atoms with Crippen molar-refractivity contribution in [2.24, 2.45) is 11.8 Å². The summed E-state index contributed by atoms with van der Waals surface area (Å²) in [6, 6.07) is 6.04. The number of thiazole rings is 1. The number of nitrogens with one attached hydrogen (secondary N) is 2. The number of amides is 1. The first kappa shape index (κ1) is 15.7. The minimum atomic E-state index is 0. The van der Waals surface area contributed by atoms with Gasteiger partial charge in [0, 0.05) is 17.5 Å². The summed E-state index contributed by atoms with van der Waals surface area (Å²) in [4.78, 5) is 16.9. The zero-order valence-electron chi connectivity index (χ0n) is 12.5. The average molecular weight is 338 g/mol. The Labute approximate surface area is 140 Å². The fourth-order valence-corrected chi connectivity index (χ4v) is 3.84. The number of anilines is 1. The third-order valence-electron chi connectivity index (χ3n) is 4.53. The zero-order valence-corrected chi connectivity index (χ0v) is 14.1. The van der Waals surface area contributed by atoms with E-state index in [0.717, 1.165) is 24.3 Å². The van der Waals surface area contributed by atoms with Crippen LogP contribution in [0.3, 0.4) is 0 Å². The zero-order chi connectivity index (χ0) is 14.4. The van der Waals surface area contributed by atoms with E-state index in [-0.39, 0.29) is 24.2 Å². The molecule has 1 amide bonds. The molecule has 1 atom stereocenters. The first-order valence-electron chi connectivity index (χ1n) is 7.63. The summed E-state index contributed by atoms with van der Waals surface area (Å²) < 4.78 is 1.17. The van der Waals surface area contributed by atoms with Gasteiger partial charge in [-0.2, -0.15) is 0 Å². The van der Waals surface area contributed by atoms with Crippen molar-refractivity contribution in [2.75, 3.05) is 18.4 Å². The van der Waals surface area contributed by atoms with E-state index < -0.39 is 0 Å². The fraction of sp³-hybridized carbons (Fsp3) is 0.500. The monoisotopic (exact) mass is 337 g/mol. The average Bonchev–Trinajstić information content (AvgIpc) is 3.17. The number of hydrogen-bond acceptors (Lipinski definition) is 4. The lowest BCUT2D eigenvalue weighted by Crippen LogP contribution is -2.48. The van der Waals surface area contributed by atoms with Gasteiger partial charge in [0.1, 0.15) is 0 Å². The van der Waals surface area contributed by atoms with Crippen LogP contribution in [0.25, 0.3) is 10.2 Å². The van der Waals surface area contributed by atoms with Crippen molar-refractivity contribution >= 4 is 45.6 Å². The van der Waals surface area contributed by atoms with E-state index in [4.69, 9.17) is 0 Å². The molecule has 4 rings (SSSR count). The Kier molecular flexibility index (Phi) is 4.39. The van der Waals surface area contributed by atoms with Crippen LogP contribution in [0.1, 0.15) is 30.7 Å². The number of benzene rings is 1. The van der Waals surface area contributed by atoms with E-state index in [9.17, 15) is 4.79 Å². The molecule has 2 aliphatic rings. The Hall–Kier alpha value is -1.17. The van der Waals surface area contributed by atoms with Gasteiger partial charge in [0.2, 0.25) is 5.91 Å². The molecule has 118 valence electrons. The second-order valence-corrected chi connectivity index (χ2v) is 7.27. The topological polar surface area (TPSA) is 54.0 Å². The molecule has 6 heteroatoms. The van der Waals surface area contributed by atoms with E-state index in [1.165, 1.54) is 22.5 Å². The molecule has 1 saturated carbocycles. The summed E-state index contributed by atoms with van der Waals surface area (Å²) in [5, 5.41) is 7.52. The van der Waals surface area contributed by atoms with Crippen molar-refractivity contribution in [2.45, 2.75) is 25.7 Å². The van der Waals surface area contributed by atoms with Crippen LogP contribution in [0.2, 0.25) is 0 Å². The molecule has 0 bridgehead atoms. The van der Waals surface area contributed by atoms with Crippen molar-refractivity contribution in [3.05, 3.63) is 23.2 Å². The van der Waals surface area contributed by atoms with Gasteiger partial charge < -0.3 is 10.6 Å². The van der Waals surface area contributed by atoms with E-state index in [1.807, 2.05) is 19.1 Å². The number of carbonyl (C=O) groups is 1. The number of rotatable bonds is 4. The van der Waals surface area contributed by atoms with Gasteiger partial charge in [-0.15, -0.1) is 23.7 Å². The van der Waals surface area contributed by atoms with Crippen LogP contribution in [0.15, 0.2) is 18.2 Å².